The SMILES string of the molecule is Cc1cc(C)c(O)c(C(c2ccc(C=O)cc2)c2cc(C)cc(C)c2O)c1. The Morgan fingerprint density at radius 3 is 1.59 bits per heavy atom. The minimum Gasteiger partial charge on any atom is -0.507 e. The lowest BCUT2D eigenvalue weighted by atomic mass is 9.81. The first kappa shape index (κ1) is 18.7. The van der Waals surface area contributed by atoms with Crippen LogP contribution in [0.5, 0.6) is 11.5 Å². The van der Waals surface area contributed by atoms with Crippen LogP contribution in [0.15, 0.2) is 48.5 Å². The maximum atomic E-state index is 11.0. The van der Waals surface area contributed by atoms with E-state index in [4.69, 9.17) is 0 Å². The molecule has 0 aliphatic heterocycles. The summed E-state index contributed by atoms with van der Waals surface area (Å²) in [6.45, 7) is 7.73. The van der Waals surface area contributed by atoms with Crippen molar-refractivity contribution in [1.29, 1.82) is 0 Å². The number of aromatic hydroxyl groups is 2. The Hall–Kier alpha value is -3.07. The molecule has 0 atom stereocenters. The molecule has 3 rings (SSSR count). The van der Waals surface area contributed by atoms with Gasteiger partial charge in [-0.1, -0.05) is 59.7 Å². The Balaban J connectivity index is 2.32. The predicted molar refractivity (Wildman–Crippen MR) is 108 cm³/mol. The van der Waals surface area contributed by atoms with Crippen LogP contribution in [0, 0.1) is 27.7 Å². The Labute approximate surface area is 159 Å². The van der Waals surface area contributed by atoms with E-state index in [1.165, 1.54) is 0 Å². The molecule has 3 aromatic rings. The number of benzene rings is 3. The fourth-order valence-electron chi connectivity index (χ4n) is 3.72. The summed E-state index contributed by atoms with van der Waals surface area (Å²) >= 11 is 0. The average Bonchev–Trinajstić information content (AvgIpc) is 2.63. The molecule has 0 saturated heterocycles. The molecule has 0 radical (unpaired) electrons. The molecule has 0 aliphatic carbocycles. The van der Waals surface area contributed by atoms with Gasteiger partial charge in [-0.15, -0.1) is 0 Å². The fourth-order valence-corrected chi connectivity index (χ4v) is 3.72. The Bertz CT molecular complexity index is 944. The van der Waals surface area contributed by atoms with E-state index in [-0.39, 0.29) is 17.4 Å². The molecular weight excluding hydrogens is 336 g/mol. The number of hydrogen-bond acceptors (Lipinski definition) is 3. The largest absolute Gasteiger partial charge is 0.507 e. The van der Waals surface area contributed by atoms with Crippen LogP contribution >= 0.6 is 0 Å². The Morgan fingerprint density at radius 1 is 0.741 bits per heavy atom. The normalized spacial score (nSPS) is 11.0. The summed E-state index contributed by atoms with van der Waals surface area (Å²) in [5.74, 6) is 0.107. The molecule has 0 unspecified atom stereocenters. The number of carbonyl (C=O) groups excluding carboxylic acids is 1. The summed E-state index contributed by atoms with van der Waals surface area (Å²) in [5, 5.41) is 21.6. The van der Waals surface area contributed by atoms with E-state index < -0.39 is 0 Å². The third-order valence-corrected chi connectivity index (χ3v) is 4.98. The highest BCUT2D eigenvalue weighted by atomic mass is 16.3. The molecule has 0 spiro atoms. The zero-order valence-electron chi connectivity index (χ0n) is 16.1. The van der Waals surface area contributed by atoms with Crippen molar-refractivity contribution < 1.29 is 15.0 Å². The zero-order valence-corrected chi connectivity index (χ0v) is 16.1. The lowest BCUT2D eigenvalue weighted by Gasteiger charge is -2.23. The van der Waals surface area contributed by atoms with Crippen molar-refractivity contribution in [3.63, 3.8) is 0 Å². The second-order valence-electron chi connectivity index (χ2n) is 7.26. The van der Waals surface area contributed by atoms with Gasteiger partial charge in [0.2, 0.25) is 0 Å². The van der Waals surface area contributed by atoms with Gasteiger partial charge in [0.25, 0.3) is 0 Å². The number of aryl methyl sites for hydroxylation is 4. The van der Waals surface area contributed by atoms with Gasteiger partial charge in [-0.25, -0.2) is 0 Å². The second-order valence-corrected chi connectivity index (χ2v) is 7.26. The molecule has 0 heterocycles. The molecule has 0 bridgehead atoms. The van der Waals surface area contributed by atoms with Crippen LogP contribution in [0.1, 0.15) is 55.2 Å². The van der Waals surface area contributed by atoms with E-state index in [1.807, 2.05) is 64.1 Å². The van der Waals surface area contributed by atoms with Gasteiger partial charge in [-0.3, -0.25) is 4.79 Å². The van der Waals surface area contributed by atoms with Gasteiger partial charge in [0.1, 0.15) is 17.8 Å². The van der Waals surface area contributed by atoms with Gasteiger partial charge < -0.3 is 10.2 Å². The first-order chi connectivity index (χ1) is 12.8. The second kappa shape index (κ2) is 7.28. The van der Waals surface area contributed by atoms with Gasteiger partial charge in [-0.05, 0) is 44.4 Å². The van der Waals surface area contributed by atoms with E-state index in [9.17, 15) is 15.0 Å². The highest BCUT2D eigenvalue weighted by molar-refractivity contribution is 5.75. The topological polar surface area (TPSA) is 57.5 Å². The third kappa shape index (κ3) is 3.59. The predicted octanol–water partition coefficient (Wildman–Crippen LogP) is 5.32. The minimum atomic E-state index is -0.345. The molecule has 3 aromatic carbocycles. The molecule has 0 amide bonds. The molecular formula is C24H24O3. The molecule has 0 saturated carbocycles. The number of aldehydes is 1. The number of phenolic OH excluding ortho intramolecular Hbond substituents is 2. The quantitative estimate of drug-likeness (QED) is 0.489. The van der Waals surface area contributed by atoms with Crippen LogP contribution < -0.4 is 0 Å². The molecule has 27 heavy (non-hydrogen) atoms. The van der Waals surface area contributed by atoms with Crippen molar-refractivity contribution in [2.24, 2.45) is 0 Å². The van der Waals surface area contributed by atoms with E-state index >= 15 is 0 Å². The van der Waals surface area contributed by atoms with Gasteiger partial charge >= 0.3 is 0 Å². The van der Waals surface area contributed by atoms with Crippen LogP contribution in [0.3, 0.4) is 0 Å². The summed E-state index contributed by atoms with van der Waals surface area (Å²) in [6.07, 6.45) is 0.807. The van der Waals surface area contributed by atoms with E-state index in [0.717, 1.165) is 45.2 Å². The van der Waals surface area contributed by atoms with Crippen LogP contribution in [0.25, 0.3) is 0 Å². The lowest BCUT2D eigenvalue weighted by Crippen LogP contribution is -2.07. The summed E-state index contributed by atoms with van der Waals surface area (Å²) < 4.78 is 0. The highest BCUT2D eigenvalue weighted by Crippen LogP contribution is 2.43. The minimum absolute atomic E-state index is 0.226. The first-order valence-electron chi connectivity index (χ1n) is 8.97. The molecule has 0 fully saturated rings. The monoisotopic (exact) mass is 360 g/mol. The van der Waals surface area contributed by atoms with Crippen molar-refractivity contribution >= 4 is 6.29 Å². The van der Waals surface area contributed by atoms with Crippen molar-refractivity contribution in [2.45, 2.75) is 33.6 Å². The third-order valence-electron chi connectivity index (χ3n) is 4.98. The van der Waals surface area contributed by atoms with Gasteiger partial charge in [0.05, 0.1) is 0 Å². The Morgan fingerprint density at radius 2 is 1.19 bits per heavy atom. The summed E-state index contributed by atoms with van der Waals surface area (Å²) in [4.78, 5) is 11.0. The van der Waals surface area contributed by atoms with Gasteiger partial charge in [0.15, 0.2) is 0 Å². The summed E-state index contributed by atoms with van der Waals surface area (Å²) in [5.41, 5.74) is 6.65. The van der Waals surface area contributed by atoms with Crippen LogP contribution in [0.2, 0.25) is 0 Å². The van der Waals surface area contributed by atoms with Crippen LogP contribution in [-0.2, 0) is 0 Å². The van der Waals surface area contributed by atoms with E-state index in [2.05, 4.69) is 0 Å². The van der Waals surface area contributed by atoms with Crippen molar-refractivity contribution in [2.75, 3.05) is 0 Å². The van der Waals surface area contributed by atoms with E-state index in [0.29, 0.717) is 5.56 Å². The number of rotatable bonds is 4. The Kier molecular flexibility index (Phi) is 5.04. The van der Waals surface area contributed by atoms with E-state index in [1.54, 1.807) is 12.1 Å². The van der Waals surface area contributed by atoms with Crippen molar-refractivity contribution in [1.82, 2.24) is 0 Å². The lowest BCUT2D eigenvalue weighted by molar-refractivity contribution is 0.112. The molecule has 0 aromatic heterocycles. The van der Waals surface area contributed by atoms with Crippen LogP contribution in [-0.4, -0.2) is 16.5 Å². The molecule has 3 heteroatoms. The molecule has 138 valence electrons. The molecule has 3 nitrogen and oxygen atoms in total. The van der Waals surface area contributed by atoms with Crippen molar-refractivity contribution in [3.8, 4) is 11.5 Å². The fraction of sp³-hybridized carbons (Fsp3) is 0.208. The molecule has 0 aliphatic rings. The number of carbonyl (C=O) groups is 1. The van der Waals surface area contributed by atoms with Crippen LogP contribution in [0.4, 0.5) is 0 Å². The summed E-state index contributed by atoms with van der Waals surface area (Å²) in [7, 11) is 0. The highest BCUT2D eigenvalue weighted by Gasteiger charge is 2.25. The number of phenols is 2. The maximum Gasteiger partial charge on any atom is 0.150 e. The van der Waals surface area contributed by atoms with Crippen molar-refractivity contribution in [3.05, 3.63) is 93.0 Å². The number of hydrogen-bond donors (Lipinski definition) is 2. The van der Waals surface area contributed by atoms with Gasteiger partial charge in [-0.2, -0.15) is 0 Å². The smallest absolute Gasteiger partial charge is 0.150 e. The average molecular weight is 360 g/mol. The first-order valence-corrected chi connectivity index (χ1v) is 8.97. The van der Waals surface area contributed by atoms with Gasteiger partial charge in [0, 0.05) is 22.6 Å². The zero-order chi connectivity index (χ0) is 19.7. The standard InChI is InChI=1S/C24H24O3/c1-14-9-16(3)23(26)20(11-14)22(19-7-5-18(13-25)6-8-19)21-12-15(2)10-17(4)24(21)27/h5-13,22,26-27H,1-4H3. The summed E-state index contributed by atoms with van der Waals surface area (Å²) in [6, 6.07) is 15.1. The molecule has 2 N–H and O–H groups in total. The maximum absolute atomic E-state index is 11.0.